The van der Waals surface area contributed by atoms with Crippen LogP contribution in [0.1, 0.15) is 50.1 Å². The van der Waals surface area contributed by atoms with Crippen molar-refractivity contribution in [2.75, 3.05) is 0 Å². The van der Waals surface area contributed by atoms with Gasteiger partial charge in [0.15, 0.2) is 6.61 Å². The molecule has 12 nitrogen and oxygen atoms in total. The van der Waals surface area contributed by atoms with Gasteiger partial charge in [0.1, 0.15) is 24.5 Å². The van der Waals surface area contributed by atoms with Crippen LogP contribution >= 0.6 is 0 Å². The number of carbonyl (C=O) groups is 4. The molecule has 4 rings (SSSR count). The van der Waals surface area contributed by atoms with Gasteiger partial charge in [-0.2, -0.15) is 0 Å². The Hall–Kier alpha value is -5.62. The maximum absolute atomic E-state index is 13.9. The molecule has 0 bridgehead atoms. The predicted octanol–water partition coefficient (Wildman–Crippen LogP) is 5.30. The van der Waals surface area contributed by atoms with Gasteiger partial charge in [0.05, 0.1) is 24.5 Å². The molecule has 282 valence electrons. The van der Waals surface area contributed by atoms with E-state index < -0.39 is 54.3 Å². The minimum Gasteiger partial charge on any atom is -0.466 e. The van der Waals surface area contributed by atoms with E-state index in [1.165, 1.54) is 6.26 Å². The smallest absolute Gasteiger partial charge is 0.408 e. The van der Waals surface area contributed by atoms with Gasteiger partial charge < -0.3 is 40.3 Å². The summed E-state index contributed by atoms with van der Waals surface area (Å²) < 4.78 is 15.9. The Bertz CT molecular complexity index is 1700. The number of benzene rings is 3. The third kappa shape index (κ3) is 13.1. The predicted molar refractivity (Wildman–Crippen MR) is 199 cm³/mol. The third-order valence-electron chi connectivity index (χ3n) is 8.66. The first-order chi connectivity index (χ1) is 25.5. The molecule has 3 unspecified atom stereocenters. The second-order valence-corrected chi connectivity index (χ2v) is 13.5. The number of hydrogen-bond acceptors (Lipinski definition) is 8. The third-order valence-corrected chi connectivity index (χ3v) is 8.66. The van der Waals surface area contributed by atoms with Gasteiger partial charge in [-0.05, 0) is 53.5 Å². The molecule has 4 amide bonds. The van der Waals surface area contributed by atoms with Crippen molar-refractivity contribution in [1.29, 1.82) is 0 Å². The topological polar surface area (TPSA) is 168 Å². The Morgan fingerprint density at radius 2 is 0.981 bits per heavy atom. The van der Waals surface area contributed by atoms with Crippen LogP contribution < -0.4 is 21.3 Å². The number of hydrogen-bond donors (Lipinski definition) is 5. The molecule has 1 aromatic heterocycles. The Balaban J connectivity index is 1.54. The van der Waals surface area contributed by atoms with E-state index in [0.717, 1.165) is 16.7 Å². The number of alkyl carbamates (subject to hydrolysis) is 2. The summed E-state index contributed by atoms with van der Waals surface area (Å²) in [6.07, 6.45) is -0.998. The second kappa shape index (κ2) is 20.4. The van der Waals surface area contributed by atoms with Gasteiger partial charge in [-0.15, -0.1) is 0 Å². The van der Waals surface area contributed by atoms with Crippen molar-refractivity contribution in [1.82, 2.24) is 21.3 Å². The van der Waals surface area contributed by atoms with Gasteiger partial charge in [0, 0.05) is 0 Å². The Morgan fingerprint density at radius 3 is 1.38 bits per heavy atom. The lowest BCUT2D eigenvalue weighted by molar-refractivity contribution is -0.126. The number of nitrogens with one attached hydrogen (secondary N) is 4. The van der Waals surface area contributed by atoms with Gasteiger partial charge in [0.2, 0.25) is 11.8 Å². The number of rotatable bonds is 18. The van der Waals surface area contributed by atoms with Crippen molar-refractivity contribution in [3.05, 3.63) is 132 Å². The molecule has 0 saturated carbocycles. The zero-order valence-electron chi connectivity index (χ0n) is 30.6. The van der Waals surface area contributed by atoms with Crippen molar-refractivity contribution in [2.24, 2.45) is 11.8 Å². The summed E-state index contributed by atoms with van der Waals surface area (Å²) >= 11 is 0. The zero-order valence-corrected chi connectivity index (χ0v) is 30.6. The molecule has 1 heterocycles. The van der Waals surface area contributed by atoms with E-state index in [4.69, 9.17) is 13.9 Å². The number of amides is 4. The lowest BCUT2D eigenvalue weighted by Crippen LogP contribution is -2.61. The van der Waals surface area contributed by atoms with Crippen molar-refractivity contribution in [3.8, 4) is 0 Å². The SMILES string of the molecule is CC(C)[C@H](NC(=O)OCc1ccccc1)C(=O)NC(Cc1ccccc1)C(O)C(Cc1ccccc1)NC(=O)[C@@H](NC(=O)OCc1ccco1)C(C)C. The maximum Gasteiger partial charge on any atom is 0.408 e. The molecule has 0 aliphatic heterocycles. The molecule has 0 aliphatic carbocycles. The highest BCUT2D eigenvalue weighted by Gasteiger charge is 2.36. The summed E-state index contributed by atoms with van der Waals surface area (Å²) in [6, 6.07) is 27.4. The quantitative estimate of drug-likeness (QED) is 0.0921. The van der Waals surface area contributed by atoms with Crippen LogP contribution in [0.3, 0.4) is 0 Å². The highest BCUT2D eigenvalue weighted by molar-refractivity contribution is 5.87. The number of carbonyl (C=O) groups excluding carboxylic acids is 4. The Labute approximate surface area is 310 Å². The zero-order chi connectivity index (χ0) is 38.2. The van der Waals surface area contributed by atoms with Crippen LogP contribution in [0.15, 0.2) is 114 Å². The first kappa shape index (κ1) is 40.2. The van der Waals surface area contributed by atoms with Crippen LogP contribution in [0.2, 0.25) is 0 Å². The summed E-state index contributed by atoms with van der Waals surface area (Å²) in [5.74, 6) is -1.30. The van der Waals surface area contributed by atoms with Crippen LogP contribution in [-0.2, 0) is 45.1 Å². The normalized spacial score (nSPS) is 13.9. The highest BCUT2D eigenvalue weighted by Crippen LogP contribution is 2.16. The van der Waals surface area contributed by atoms with Crippen LogP contribution in [0.25, 0.3) is 0 Å². The highest BCUT2D eigenvalue weighted by atomic mass is 16.6. The van der Waals surface area contributed by atoms with E-state index in [-0.39, 0.29) is 37.9 Å². The average molecular weight is 727 g/mol. The lowest BCUT2D eigenvalue weighted by Gasteiger charge is -2.34. The summed E-state index contributed by atoms with van der Waals surface area (Å²) in [7, 11) is 0. The summed E-state index contributed by atoms with van der Waals surface area (Å²) in [6.45, 7) is 7.06. The molecule has 5 atom stereocenters. The van der Waals surface area contributed by atoms with E-state index in [1.54, 1.807) is 39.8 Å². The van der Waals surface area contributed by atoms with Crippen LogP contribution in [0, 0.1) is 11.8 Å². The lowest BCUT2D eigenvalue weighted by atomic mass is 9.91. The molecule has 5 N–H and O–H groups in total. The molecule has 53 heavy (non-hydrogen) atoms. The molecule has 4 aromatic rings. The minimum absolute atomic E-state index is 0.0310. The van der Waals surface area contributed by atoms with E-state index in [2.05, 4.69) is 21.3 Å². The standard InChI is InChI=1S/C41H50N4O8/c1-27(2)35(44-40(49)52-25-31-19-12-7-13-20-31)38(47)42-33(23-29-15-8-5-9-16-29)37(46)34(24-30-17-10-6-11-18-30)43-39(48)36(28(3)4)45-41(50)53-26-32-21-14-22-51-32/h5-22,27-28,33-37,46H,23-26H2,1-4H3,(H,42,47)(H,43,48)(H,44,49)(H,45,50)/t33?,34?,35-,36-,37?/m0/s1. The fraction of sp³-hybridized carbons (Fsp3) is 0.366. The van der Waals surface area contributed by atoms with Gasteiger partial charge in [0.25, 0.3) is 0 Å². The van der Waals surface area contributed by atoms with Crippen LogP contribution in [-0.4, -0.2) is 59.4 Å². The average Bonchev–Trinajstić information content (AvgIpc) is 3.68. The fourth-order valence-electron chi connectivity index (χ4n) is 5.74. The van der Waals surface area contributed by atoms with E-state index in [1.807, 2.05) is 91.0 Å². The first-order valence-corrected chi connectivity index (χ1v) is 17.8. The number of aliphatic hydroxyl groups excluding tert-OH is 1. The molecule has 3 aromatic carbocycles. The molecule has 0 saturated heterocycles. The van der Waals surface area contributed by atoms with Gasteiger partial charge in [-0.1, -0.05) is 119 Å². The number of ether oxygens (including phenoxy) is 2. The van der Waals surface area contributed by atoms with Crippen molar-refractivity contribution in [3.63, 3.8) is 0 Å². The van der Waals surface area contributed by atoms with E-state index in [9.17, 15) is 24.3 Å². The Kier molecular flexibility index (Phi) is 15.5. The number of furan rings is 1. The largest absolute Gasteiger partial charge is 0.466 e. The molecule has 0 spiro atoms. The van der Waals surface area contributed by atoms with E-state index in [0.29, 0.717) is 5.76 Å². The van der Waals surface area contributed by atoms with Gasteiger partial charge in [-0.3, -0.25) is 9.59 Å². The fourth-order valence-corrected chi connectivity index (χ4v) is 5.74. The van der Waals surface area contributed by atoms with Crippen LogP contribution in [0.4, 0.5) is 9.59 Å². The van der Waals surface area contributed by atoms with Crippen molar-refractivity contribution < 1.29 is 38.2 Å². The molecular formula is C41H50N4O8. The molecule has 0 radical (unpaired) electrons. The van der Waals surface area contributed by atoms with Crippen LogP contribution in [0.5, 0.6) is 0 Å². The molecule has 12 heteroatoms. The second-order valence-electron chi connectivity index (χ2n) is 13.5. The van der Waals surface area contributed by atoms with Gasteiger partial charge >= 0.3 is 12.2 Å². The molecular weight excluding hydrogens is 676 g/mol. The molecule has 0 fully saturated rings. The Morgan fingerprint density at radius 1 is 0.566 bits per heavy atom. The summed E-state index contributed by atoms with van der Waals surface area (Å²) in [5.41, 5.74) is 2.46. The number of aliphatic hydroxyl groups is 1. The monoisotopic (exact) mass is 726 g/mol. The summed E-state index contributed by atoms with van der Waals surface area (Å²) in [5, 5.41) is 23.4. The van der Waals surface area contributed by atoms with Gasteiger partial charge in [-0.25, -0.2) is 9.59 Å². The maximum atomic E-state index is 13.9. The molecule has 0 aliphatic rings. The van der Waals surface area contributed by atoms with Crippen molar-refractivity contribution >= 4 is 24.0 Å². The first-order valence-electron chi connectivity index (χ1n) is 17.8. The van der Waals surface area contributed by atoms with E-state index >= 15 is 0 Å². The minimum atomic E-state index is -1.32. The summed E-state index contributed by atoms with van der Waals surface area (Å²) in [4.78, 5) is 53.3. The van der Waals surface area contributed by atoms with Crippen molar-refractivity contribution in [2.45, 2.75) is 84.0 Å².